The van der Waals surface area contributed by atoms with Gasteiger partial charge < -0.3 is 14.4 Å². The lowest BCUT2D eigenvalue weighted by molar-refractivity contribution is -0.119. The van der Waals surface area contributed by atoms with E-state index in [0.717, 1.165) is 56.4 Å². The van der Waals surface area contributed by atoms with Gasteiger partial charge in [-0.2, -0.15) is 0 Å². The van der Waals surface area contributed by atoms with Crippen LogP contribution < -0.4 is 4.74 Å². The summed E-state index contributed by atoms with van der Waals surface area (Å²) in [5, 5.41) is 2.32. The molecule has 5 nitrogen and oxygen atoms in total. The summed E-state index contributed by atoms with van der Waals surface area (Å²) in [5.41, 5.74) is 5.16. The summed E-state index contributed by atoms with van der Waals surface area (Å²) >= 11 is 3.70. The van der Waals surface area contributed by atoms with E-state index in [9.17, 15) is 9.59 Å². The Morgan fingerprint density at radius 2 is 1.47 bits per heavy atom. The van der Waals surface area contributed by atoms with Gasteiger partial charge in [0.05, 0.1) is 6.61 Å². The van der Waals surface area contributed by atoms with Crippen molar-refractivity contribution in [2.75, 3.05) is 20.3 Å². The number of methoxy groups -OCH3 is 1. The topological polar surface area (TPSA) is 55.8 Å². The van der Waals surface area contributed by atoms with Gasteiger partial charge in [0.15, 0.2) is 11.6 Å². The Kier molecular flexibility index (Phi) is 7.89. The summed E-state index contributed by atoms with van der Waals surface area (Å²) in [6, 6.07) is 20.5. The molecule has 0 fully saturated rings. The summed E-state index contributed by atoms with van der Waals surface area (Å²) in [4.78, 5) is 30.6. The minimum Gasteiger partial charge on any atom is -0.489 e. The monoisotopic (exact) mass is 641 g/mol. The zero-order chi connectivity index (χ0) is 30.5. The minimum atomic E-state index is -0.476. The van der Waals surface area contributed by atoms with Crippen LogP contribution in [0.3, 0.4) is 0 Å². The van der Waals surface area contributed by atoms with Crippen molar-refractivity contribution in [2.45, 2.75) is 65.9 Å². The van der Waals surface area contributed by atoms with Gasteiger partial charge in [0.25, 0.3) is 0 Å². The molecule has 0 unspecified atom stereocenters. The van der Waals surface area contributed by atoms with Crippen molar-refractivity contribution in [1.82, 2.24) is 4.90 Å². The van der Waals surface area contributed by atoms with Crippen molar-refractivity contribution in [2.24, 2.45) is 10.8 Å². The van der Waals surface area contributed by atoms with E-state index in [1.807, 2.05) is 30.3 Å². The predicted octanol–water partition coefficient (Wildman–Crippen LogP) is 8.51. The molecule has 3 aromatic rings. The number of rotatable bonds is 7. The second-order valence-electron chi connectivity index (χ2n) is 13.8. The van der Waals surface area contributed by atoms with Crippen LogP contribution in [0, 0.1) is 10.8 Å². The van der Waals surface area contributed by atoms with E-state index in [0.29, 0.717) is 38.3 Å². The Bertz CT molecular complexity index is 1620. The highest BCUT2D eigenvalue weighted by Crippen LogP contribution is 2.55. The van der Waals surface area contributed by atoms with Gasteiger partial charge in [-0.3, -0.25) is 9.59 Å². The number of ether oxygens (including phenoxy) is 2. The quantitative estimate of drug-likeness (QED) is 0.259. The molecule has 0 amide bonds. The SMILES string of the molecule is COCCN1C2=C(C(=O)CC(C)(C)C2)C(c2cc(Br)ccc2OCc2cccc3ccccc23)C2=C1CC(C)(C)CC2=O. The van der Waals surface area contributed by atoms with Crippen LogP contribution in [0.1, 0.15) is 70.4 Å². The van der Waals surface area contributed by atoms with E-state index in [4.69, 9.17) is 9.47 Å². The van der Waals surface area contributed by atoms with Gasteiger partial charge in [0, 0.05) is 65.0 Å². The molecule has 0 saturated heterocycles. The Balaban J connectivity index is 1.52. The molecule has 2 aliphatic carbocycles. The third-order valence-electron chi connectivity index (χ3n) is 9.09. The highest BCUT2D eigenvalue weighted by Gasteiger charge is 2.49. The molecule has 0 spiro atoms. The van der Waals surface area contributed by atoms with E-state index in [1.165, 1.54) is 5.39 Å². The molecular formula is C37H40BrNO4. The summed E-state index contributed by atoms with van der Waals surface area (Å²) in [7, 11) is 1.70. The Morgan fingerprint density at radius 1 is 0.837 bits per heavy atom. The van der Waals surface area contributed by atoms with Crippen molar-refractivity contribution >= 4 is 38.3 Å². The van der Waals surface area contributed by atoms with Gasteiger partial charge in [-0.25, -0.2) is 0 Å². The highest BCUT2D eigenvalue weighted by molar-refractivity contribution is 9.10. The number of halogens is 1. The zero-order valence-corrected chi connectivity index (χ0v) is 27.3. The van der Waals surface area contributed by atoms with E-state index < -0.39 is 5.92 Å². The largest absolute Gasteiger partial charge is 0.489 e. The number of benzene rings is 3. The number of hydrogen-bond acceptors (Lipinski definition) is 5. The van der Waals surface area contributed by atoms with Crippen molar-refractivity contribution in [3.63, 3.8) is 0 Å². The summed E-state index contributed by atoms with van der Waals surface area (Å²) in [5.74, 6) is 0.446. The number of carbonyl (C=O) groups is 2. The van der Waals surface area contributed by atoms with Crippen LogP contribution in [0.5, 0.6) is 5.75 Å². The molecule has 1 heterocycles. The molecule has 3 aliphatic rings. The Hall–Kier alpha value is -3.22. The molecule has 43 heavy (non-hydrogen) atoms. The lowest BCUT2D eigenvalue weighted by Gasteiger charge is -2.49. The van der Waals surface area contributed by atoms with Crippen LogP contribution in [-0.2, 0) is 20.9 Å². The number of fused-ring (bicyclic) bond motifs is 1. The van der Waals surface area contributed by atoms with Crippen LogP contribution >= 0.6 is 15.9 Å². The number of carbonyl (C=O) groups excluding carboxylic acids is 2. The maximum absolute atomic E-state index is 14.2. The molecule has 0 radical (unpaired) electrons. The molecule has 6 rings (SSSR count). The molecule has 3 aromatic carbocycles. The summed E-state index contributed by atoms with van der Waals surface area (Å²) < 4.78 is 13.0. The fraction of sp³-hybridized carbons (Fsp3) is 0.405. The first kappa shape index (κ1) is 29.8. The van der Waals surface area contributed by atoms with Gasteiger partial charge in [-0.15, -0.1) is 0 Å². The minimum absolute atomic E-state index is 0.114. The molecule has 0 N–H and O–H groups in total. The number of hydrogen-bond donors (Lipinski definition) is 0. The molecular weight excluding hydrogens is 602 g/mol. The van der Waals surface area contributed by atoms with Crippen molar-refractivity contribution in [3.8, 4) is 5.75 Å². The Labute approximate surface area is 263 Å². The van der Waals surface area contributed by atoms with E-state index in [1.54, 1.807) is 7.11 Å². The smallest absolute Gasteiger partial charge is 0.162 e. The molecule has 6 heteroatoms. The summed E-state index contributed by atoms with van der Waals surface area (Å²) in [6.07, 6.45) is 2.42. The lowest BCUT2D eigenvalue weighted by atomic mass is 9.63. The van der Waals surface area contributed by atoms with Gasteiger partial charge in [-0.05, 0) is 58.2 Å². The van der Waals surface area contributed by atoms with Crippen molar-refractivity contribution < 1.29 is 19.1 Å². The van der Waals surface area contributed by atoms with E-state index >= 15 is 0 Å². The number of nitrogens with zero attached hydrogens (tertiary/aromatic N) is 1. The lowest BCUT2D eigenvalue weighted by Crippen LogP contribution is -2.45. The Morgan fingerprint density at radius 3 is 2.12 bits per heavy atom. The average Bonchev–Trinajstić information content (AvgIpc) is 2.94. The maximum atomic E-state index is 14.2. The van der Waals surface area contributed by atoms with E-state index in [2.05, 4.69) is 78.9 Å². The van der Waals surface area contributed by atoms with E-state index in [-0.39, 0.29) is 22.4 Å². The van der Waals surface area contributed by atoms with Crippen molar-refractivity contribution in [3.05, 3.63) is 98.8 Å². The fourth-order valence-corrected chi connectivity index (χ4v) is 7.64. The summed E-state index contributed by atoms with van der Waals surface area (Å²) in [6.45, 7) is 10.1. The van der Waals surface area contributed by atoms with Crippen LogP contribution in [0.25, 0.3) is 10.8 Å². The number of allylic oxidation sites excluding steroid dienone is 4. The van der Waals surface area contributed by atoms with Gasteiger partial charge in [0.2, 0.25) is 0 Å². The van der Waals surface area contributed by atoms with Gasteiger partial charge in [-0.1, -0.05) is 86.1 Å². The molecule has 0 bridgehead atoms. The van der Waals surface area contributed by atoms with Crippen molar-refractivity contribution in [1.29, 1.82) is 0 Å². The first-order valence-corrected chi connectivity index (χ1v) is 16.0. The fourth-order valence-electron chi connectivity index (χ4n) is 7.26. The number of ketones is 2. The second-order valence-corrected chi connectivity index (χ2v) is 14.7. The highest BCUT2D eigenvalue weighted by atomic mass is 79.9. The third kappa shape index (κ3) is 5.72. The first-order valence-electron chi connectivity index (χ1n) is 15.2. The maximum Gasteiger partial charge on any atom is 0.162 e. The molecule has 0 aromatic heterocycles. The standard InChI is InChI=1S/C37H40BrNO4/c1-36(2)18-28-34(30(40)20-36)33(35-29(39(28)15-16-42-5)19-37(3,4)21-31(35)41)27-17-25(38)13-14-32(27)43-22-24-11-8-10-23-9-6-7-12-26(23)24/h6-14,17,33H,15-16,18-22H2,1-5H3. The normalized spacial score (nSPS) is 20.0. The van der Waals surface area contributed by atoms with Crippen LogP contribution in [0.2, 0.25) is 0 Å². The zero-order valence-electron chi connectivity index (χ0n) is 25.8. The number of Topliss-reactive ketones (excluding diaryl/α,β-unsaturated/α-hetero) is 2. The predicted molar refractivity (Wildman–Crippen MR) is 174 cm³/mol. The van der Waals surface area contributed by atoms with Crippen LogP contribution in [-0.4, -0.2) is 36.7 Å². The molecule has 0 saturated carbocycles. The molecule has 0 atom stereocenters. The average molecular weight is 643 g/mol. The van der Waals surface area contributed by atoms with Crippen LogP contribution in [0.4, 0.5) is 0 Å². The van der Waals surface area contributed by atoms with Gasteiger partial charge >= 0.3 is 0 Å². The third-order valence-corrected chi connectivity index (χ3v) is 9.58. The molecule has 1 aliphatic heterocycles. The first-order chi connectivity index (χ1) is 20.5. The van der Waals surface area contributed by atoms with Crippen LogP contribution in [0.15, 0.2) is 87.7 Å². The van der Waals surface area contributed by atoms with Gasteiger partial charge in [0.1, 0.15) is 12.4 Å². The second kappa shape index (κ2) is 11.4. The molecule has 224 valence electrons.